The first-order chi connectivity index (χ1) is 8.02. The Morgan fingerprint density at radius 3 is 2.41 bits per heavy atom. The molecule has 2 nitrogen and oxygen atoms in total. The monoisotopic (exact) mass is 287 g/mol. The zero-order chi connectivity index (χ0) is 12.6. The van der Waals surface area contributed by atoms with Crippen LogP contribution < -0.4 is 5.43 Å². The van der Waals surface area contributed by atoms with Crippen LogP contribution >= 0.6 is 34.8 Å². The predicted molar refractivity (Wildman–Crippen MR) is 72.3 cm³/mol. The van der Waals surface area contributed by atoms with Crippen molar-refractivity contribution < 1.29 is 0 Å². The lowest BCUT2D eigenvalue weighted by molar-refractivity contribution is 1.19. The Morgan fingerprint density at radius 1 is 1.06 bits per heavy atom. The van der Waals surface area contributed by atoms with Crippen molar-refractivity contribution in [2.24, 2.45) is 0 Å². The molecule has 0 aliphatic rings. The second-order valence-corrected chi connectivity index (χ2v) is 4.73. The first-order valence-corrected chi connectivity index (χ1v) is 5.98. The molecule has 1 heterocycles. The van der Waals surface area contributed by atoms with E-state index in [1.807, 2.05) is 0 Å². The third kappa shape index (κ3) is 2.21. The molecule has 1 N–H and O–H groups in total. The fourth-order valence-corrected chi connectivity index (χ4v) is 2.27. The summed E-state index contributed by atoms with van der Waals surface area (Å²) in [5, 5.41) is 0.915. The summed E-state index contributed by atoms with van der Waals surface area (Å²) in [4.78, 5) is 14.8. The molecule has 0 bridgehead atoms. The molecule has 0 saturated heterocycles. The van der Waals surface area contributed by atoms with Gasteiger partial charge in [-0.05, 0) is 13.0 Å². The number of aromatic amines is 1. The smallest absolute Gasteiger partial charge is 0.189 e. The second-order valence-electron chi connectivity index (χ2n) is 3.56. The molecule has 0 atom stereocenters. The van der Waals surface area contributed by atoms with E-state index >= 15 is 0 Å². The molecule has 0 radical (unpaired) electrons. The van der Waals surface area contributed by atoms with Crippen LogP contribution in [0.15, 0.2) is 29.2 Å². The van der Waals surface area contributed by atoms with Gasteiger partial charge in [0.1, 0.15) is 0 Å². The minimum atomic E-state index is -0.110. The standard InChI is InChI=1S/C12H8Cl3NO/c1-6-10(9(17)4-5-16-6)7-2-3-8(13)12(15)11(7)14/h2-5H,1H3,(H,16,17). The summed E-state index contributed by atoms with van der Waals surface area (Å²) in [6.45, 7) is 1.80. The van der Waals surface area contributed by atoms with E-state index in [1.165, 1.54) is 6.07 Å². The van der Waals surface area contributed by atoms with E-state index in [0.29, 0.717) is 21.2 Å². The van der Waals surface area contributed by atoms with Gasteiger partial charge in [-0.2, -0.15) is 0 Å². The summed E-state index contributed by atoms with van der Waals surface area (Å²) in [5.74, 6) is 0. The molecule has 0 saturated carbocycles. The molecule has 1 aromatic carbocycles. The Bertz CT molecular complexity index is 634. The summed E-state index contributed by atoms with van der Waals surface area (Å²) in [7, 11) is 0. The Balaban J connectivity index is 2.79. The van der Waals surface area contributed by atoms with E-state index in [1.54, 1.807) is 25.3 Å². The largest absolute Gasteiger partial charge is 0.364 e. The number of rotatable bonds is 1. The fraction of sp³-hybridized carbons (Fsp3) is 0.0833. The van der Waals surface area contributed by atoms with Gasteiger partial charge in [0, 0.05) is 29.1 Å². The molecular weight excluding hydrogens is 280 g/mol. The number of hydrogen-bond acceptors (Lipinski definition) is 1. The van der Waals surface area contributed by atoms with Gasteiger partial charge in [-0.3, -0.25) is 4.79 Å². The van der Waals surface area contributed by atoms with Gasteiger partial charge in [0.05, 0.1) is 15.1 Å². The van der Waals surface area contributed by atoms with Crippen molar-refractivity contribution in [3.05, 3.63) is 55.4 Å². The van der Waals surface area contributed by atoms with Crippen LogP contribution in [0.25, 0.3) is 11.1 Å². The van der Waals surface area contributed by atoms with Crippen molar-refractivity contribution in [3.8, 4) is 11.1 Å². The molecule has 5 heteroatoms. The van der Waals surface area contributed by atoms with Crippen molar-refractivity contribution in [3.63, 3.8) is 0 Å². The van der Waals surface area contributed by atoms with Crippen LogP contribution in [0.5, 0.6) is 0 Å². The number of H-pyrrole nitrogens is 1. The molecule has 0 aliphatic carbocycles. The van der Waals surface area contributed by atoms with E-state index in [9.17, 15) is 4.79 Å². The molecular formula is C12H8Cl3NO. The molecule has 0 amide bonds. The maximum absolute atomic E-state index is 11.8. The van der Waals surface area contributed by atoms with Crippen LogP contribution in [0.2, 0.25) is 15.1 Å². The number of nitrogens with one attached hydrogen (secondary N) is 1. The van der Waals surface area contributed by atoms with Crippen molar-refractivity contribution >= 4 is 34.8 Å². The first-order valence-electron chi connectivity index (χ1n) is 4.84. The van der Waals surface area contributed by atoms with Crippen molar-refractivity contribution in [1.82, 2.24) is 4.98 Å². The van der Waals surface area contributed by atoms with E-state index < -0.39 is 0 Å². The maximum Gasteiger partial charge on any atom is 0.189 e. The molecule has 2 aromatic rings. The second kappa shape index (κ2) is 4.73. The van der Waals surface area contributed by atoms with Crippen LogP contribution in [0, 0.1) is 6.92 Å². The van der Waals surface area contributed by atoms with Crippen LogP contribution in [-0.2, 0) is 0 Å². The summed E-state index contributed by atoms with van der Waals surface area (Å²) in [6, 6.07) is 4.76. The number of benzene rings is 1. The molecule has 0 aliphatic heterocycles. The fourth-order valence-electron chi connectivity index (χ4n) is 1.64. The molecule has 2 rings (SSSR count). The van der Waals surface area contributed by atoms with Crippen LogP contribution in [0.1, 0.15) is 5.69 Å². The highest BCUT2D eigenvalue weighted by atomic mass is 35.5. The number of hydrogen-bond donors (Lipinski definition) is 1. The Kier molecular flexibility index (Phi) is 3.48. The normalized spacial score (nSPS) is 10.6. The quantitative estimate of drug-likeness (QED) is 0.779. The van der Waals surface area contributed by atoms with Crippen molar-refractivity contribution in [2.45, 2.75) is 6.92 Å². The summed E-state index contributed by atoms with van der Waals surface area (Å²) >= 11 is 17.9. The highest BCUT2D eigenvalue weighted by Crippen LogP contribution is 2.37. The van der Waals surface area contributed by atoms with Gasteiger partial charge in [0.15, 0.2) is 5.43 Å². The number of halogens is 3. The van der Waals surface area contributed by atoms with Crippen LogP contribution in [-0.4, -0.2) is 4.98 Å². The van der Waals surface area contributed by atoms with Crippen LogP contribution in [0.3, 0.4) is 0 Å². The van der Waals surface area contributed by atoms with Gasteiger partial charge in [-0.15, -0.1) is 0 Å². The summed E-state index contributed by atoms with van der Waals surface area (Å²) < 4.78 is 0. The Morgan fingerprint density at radius 2 is 1.76 bits per heavy atom. The molecule has 0 unspecified atom stereocenters. The number of aromatic nitrogens is 1. The lowest BCUT2D eigenvalue weighted by Crippen LogP contribution is -2.06. The van der Waals surface area contributed by atoms with Gasteiger partial charge in [-0.25, -0.2) is 0 Å². The third-order valence-corrected chi connectivity index (χ3v) is 3.75. The molecule has 1 aromatic heterocycles. The highest BCUT2D eigenvalue weighted by Gasteiger charge is 2.14. The van der Waals surface area contributed by atoms with E-state index in [0.717, 1.165) is 5.69 Å². The average molecular weight is 289 g/mol. The lowest BCUT2D eigenvalue weighted by Gasteiger charge is -2.09. The minimum absolute atomic E-state index is 0.110. The predicted octanol–water partition coefficient (Wildman–Crippen LogP) is 4.31. The first kappa shape index (κ1) is 12.5. The van der Waals surface area contributed by atoms with Gasteiger partial charge in [0.2, 0.25) is 0 Å². The molecule has 17 heavy (non-hydrogen) atoms. The molecule has 0 fully saturated rings. The number of pyridine rings is 1. The topological polar surface area (TPSA) is 32.9 Å². The van der Waals surface area contributed by atoms with Gasteiger partial charge in [0.25, 0.3) is 0 Å². The van der Waals surface area contributed by atoms with Gasteiger partial charge >= 0.3 is 0 Å². The Labute approximate surface area is 113 Å². The molecule has 0 spiro atoms. The highest BCUT2D eigenvalue weighted by molar-refractivity contribution is 6.49. The van der Waals surface area contributed by atoms with E-state index in [4.69, 9.17) is 34.8 Å². The average Bonchev–Trinajstić information content (AvgIpc) is 2.29. The van der Waals surface area contributed by atoms with Gasteiger partial charge in [-0.1, -0.05) is 40.9 Å². The van der Waals surface area contributed by atoms with E-state index in [-0.39, 0.29) is 10.5 Å². The maximum atomic E-state index is 11.8. The van der Waals surface area contributed by atoms with E-state index in [2.05, 4.69) is 4.98 Å². The third-order valence-electron chi connectivity index (χ3n) is 2.46. The lowest BCUT2D eigenvalue weighted by atomic mass is 10.0. The number of aryl methyl sites for hydroxylation is 1. The van der Waals surface area contributed by atoms with Crippen molar-refractivity contribution in [1.29, 1.82) is 0 Å². The SMILES string of the molecule is Cc1[nH]ccc(=O)c1-c1ccc(Cl)c(Cl)c1Cl. The zero-order valence-corrected chi connectivity index (χ0v) is 11.1. The van der Waals surface area contributed by atoms with Crippen LogP contribution in [0.4, 0.5) is 0 Å². The minimum Gasteiger partial charge on any atom is -0.364 e. The zero-order valence-electron chi connectivity index (χ0n) is 8.85. The summed E-state index contributed by atoms with van der Waals surface area (Å²) in [5.41, 5.74) is 1.72. The molecule has 88 valence electrons. The van der Waals surface area contributed by atoms with Gasteiger partial charge < -0.3 is 4.98 Å². The summed E-state index contributed by atoms with van der Waals surface area (Å²) in [6.07, 6.45) is 1.59. The van der Waals surface area contributed by atoms with Crippen molar-refractivity contribution in [2.75, 3.05) is 0 Å². The Hall–Kier alpha value is -0.960.